The van der Waals surface area contributed by atoms with E-state index in [1.807, 2.05) is 65.6 Å². The van der Waals surface area contributed by atoms with Crippen LogP contribution in [0.25, 0.3) is 11.3 Å². The van der Waals surface area contributed by atoms with Gasteiger partial charge in [-0.3, -0.25) is 4.79 Å². The smallest absolute Gasteiger partial charge is 0.231 e. The van der Waals surface area contributed by atoms with Crippen LogP contribution in [-0.2, 0) is 4.79 Å². The molecule has 1 fully saturated rings. The fourth-order valence-electron chi connectivity index (χ4n) is 4.32. The first-order valence-corrected chi connectivity index (χ1v) is 11.1. The Labute approximate surface area is 187 Å². The number of hydrogen-bond donors (Lipinski definition) is 0. The third-order valence-electron chi connectivity index (χ3n) is 6.14. The number of ether oxygens (including phenoxy) is 2. The van der Waals surface area contributed by atoms with Gasteiger partial charge in [0, 0.05) is 31.7 Å². The van der Waals surface area contributed by atoms with Crippen LogP contribution in [0.5, 0.6) is 11.5 Å². The van der Waals surface area contributed by atoms with Gasteiger partial charge in [-0.15, -0.1) is 10.2 Å². The molecule has 2 aliphatic heterocycles. The highest BCUT2D eigenvalue weighted by atomic mass is 16.7. The van der Waals surface area contributed by atoms with Crippen LogP contribution in [0.1, 0.15) is 24.8 Å². The Bertz CT molecular complexity index is 1080. The van der Waals surface area contributed by atoms with Gasteiger partial charge in [0.05, 0.1) is 11.6 Å². The predicted molar refractivity (Wildman–Crippen MR) is 122 cm³/mol. The fourth-order valence-corrected chi connectivity index (χ4v) is 4.32. The second kappa shape index (κ2) is 8.86. The Morgan fingerprint density at radius 2 is 1.72 bits per heavy atom. The van der Waals surface area contributed by atoms with Crippen molar-refractivity contribution in [2.75, 3.05) is 37.9 Å². The zero-order chi connectivity index (χ0) is 21.9. The quantitative estimate of drug-likeness (QED) is 0.615. The van der Waals surface area contributed by atoms with Crippen molar-refractivity contribution >= 4 is 11.7 Å². The second-order valence-electron chi connectivity index (χ2n) is 8.03. The lowest BCUT2D eigenvalue weighted by atomic mass is 9.95. The molecule has 0 N–H and O–H groups in total. The van der Waals surface area contributed by atoms with Gasteiger partial charge in [0.25, 0.3) is 0 Å². The first-order chi connectivity index (χ1) is 15.7. The summed E-state index contributed by atoms with van der Waals surface area (Å²) in [7, 11) is 0. The number of carbonyl (C=O) groups is 1. The van der Waals surface area contributed by atoms with Gasteiger partial charge in [0.1, 0.15) is 0 Å². The molecule has 1 atom stereocenters. The first kappa shape index (κ1) is 20.3. The van der Waals surface area contributed by atoms with Crippen molar-refractivity contribution in [1.29, 1.82) is 0 Å². The van der Waals surface area contributed by atoms with Crippen LogP contribution in [0, 0.1) is 0 Å². The molecule has 1 amide bonds. The third kappa shape index (κ3) is 3.98. The summed E-state index contributed by atoms with van der Waals surface area (Å²) in [5, 5.41) is 8.86. The van der Waals surface area contributed by atoms with E-state index < -0.39 is 0 Å². The molecule has 2 aromatic carbocycles. The molecule has 1 saturated heterocycles. The number of fused-ring (bicyclic) bond motifs is 1. The minimum atomic E-state index is -0.0801. The van der Waals surface area contributed by atoms with Crippen LogP contribution in [-0.4, -0.2) is 54.0 Å². The van der Waals surface area contributed by atoms with Crippen LogP contribution >= 0.6 is 0 Å². The molecule has 7 nitrogen and oxygen atoms in total. The molecule has 5 rings (SSSR count). The van der Waals surface area contributed by atoms with Crippen molar-refractivity contribution in [3.8, 4) is 22.8 Å². The number of aromatic nitrogens is 2. The Hall–Kier alpha value is -3.61. The van der Waals surface area contributed by atoms with E-state index in [1.54, 1.807) is 0 Å². The van der Waals surface area contributed by atoms with E-state index in [1.165, 1.54) is 0 Å². The zero-order valence-electron chi connectivity index (χ0n) is 18.1. The Balaban J connectivity index is 1.22. The number of rotatable bonds is 5. The van der Waals surface area contributed by atoms with Gasteiger partial charge >= 0.3 is 0 Å². The maximum Gasteiger partial charge on any atom is 0.231 e. The summed E-state index contributed by atoms with van der Waals surface area (Å²) < 4.78 is 10.8. The van der Waals surface area contributed by atoms with Crippen LogP contribution in [0.4, 0.5) is 5.82 Å². The monoisotopic (exact) mass is 430 g/mol. The van der Waals surface area contributed by atoms with Crippen LogP contribution < -0.4 is 14.4 Å². The lowest BCUT2D eigenvalue weighted by Crippen LogP contribution is -2.50. The molecule has 32 heavy (non-hydrogen) atoms. The fraction of sp³-hybridized carbons (Fsp3) is 0.320. The van der Waals surface area contributed by atoms with E-state index in [-0.39, 0.29) is 18.6 Å². The summed E-state index contributed by atoms with van der Waals surface area (Å²) in [6.07, 6.45) is 0.801. The lowest BCUT2D eigenvalue weighted by Gasteiger charge is -2.36. The van der Waals surface area contributed by atoms with Gasteiger partial charge < -0.3 is 19.3 Å². The van der Waals surface area contributed by atoms with Crippen molar-refractivity contribution < 1.29 is 14.3 Å². The molecule has 3 aromatic rings. The van der Waals surface area contributed by atoms with Gasteiger partial charge in [-0.2, -0.15) is 0 Å². The molecule has 164 valence electrons. The van der Waals surface area contributed by atoms with Crippen molar-refractivity contribution in [3.05, 3.63) is 66.2 Å². The van der Waals surface area contributed by atoms with Gasteiger partial charge in [-0.1, -0.05) is 37.3 Å². The minimum absolute atomic E-state index is 0.0801. The molecule has 0 bridgehead atoms. The van der Waals surface area contributed by atoms with E-state index in [2.05, 4.69) is 22.0 Å². The topological polar surface area (TPSA) is 67.8 Å². The number of nitrogens with zero attached hydrogens (tertiary/aromatic N) is 4. The SMILES string of the molecule is CC[C@H](C(=O)N1CCN(c2ccc(-c3ccc4c(c3)OCO4)nn2)CC1)c1ccccc1. The summed E-state index contributed by atoms with van der Waals surface area (Å²) in [5.74, 6) is 2.45. The van der Waals surface area contributed by atoms with E-state index in [4.69, 9.17) is 9.47 Å². The van der Waals surface area contributed by atoms with E-state index in [0.717, 1.165) is 53.6 Å². The highest BCUT2D eigenvalue weighted by Crippen LogP contribution is 2.35. The number of hydrogen-bond acceptors (Lipinski definition) is 6. The van der Waals surface area contributed by atoms with Crippen LogP contribution in [0.15, 0.2) is 60.7 Å². The van der Waals surface area contributed by atoms with Crippen molar-refractivity contribution in [2.45, 2.75) is 19.3 Å². The normalized spacial score (nSPS) is 16.2. The third-order valence-corrected chi connectivity index (χ3v) is 6.14. The summed E-state index contributed by atoms with van der Waals surface area (Å²) in [6.45, 7) is 5.19. The number of benzene rings is 2. The van der Waals surface area contributed by atoms with Crippen LogP contribution in [0.2, 0.25) is 0 Å². The molecule has 7 heteroatoms. The van der Waals surface area contributed by atoms with Crippen molar-refractivity contribution in [1.82, 2.24) is 15.1 Å². The van der Waals surface area contributed by atoms with Gasteiger partial charge in [-0.05, 0) is 42.3 Å². The Kier molecular flexibility index (Phi) is 5.62. The predicted octanol–water partition coefficient (Wildman–Crippen LogP) is 3.71. The molecule has 2 aliphatic rings. The highest BCUT2D eigenvalue weighted by molar-refractivity contribution is 5.84. The van der Waals surface area contributed by atoms with Crippen molar-refractivity contribution in [2.24, 2.45) is 0 Å². The lowest BCUT2D eigenvalue weighted by molar-refractivity contribution is -0.133. The van der Waals surface area contributed by atoms with Crippen LogP contribution in [0.3, 0.4) is 0 Å². The Morgan fingerprint density at radius 1 is 0.938 bits per heavy atom. The Morgan fingerprint density at radius 3 is 2.44 bits per heavy atom. The molecule has 0 radical (unpaired) electrons. The summed E-state index contributed by atoms with van der Waals surface area (Å²) in [6, 6.07) is 19.8. The van der Waals surface area contributed by atoms with Gasteiger partial charge in [-0.25, -0.2) is 0 Å². The number of piperazine rings is 1. The highest BCUT2D eigenvalue weighted by Gasteiger charge is 2.28. The van der Waals surface area contributed by atoms with E-state index in [9.17, 15) is 4.79 Å². The average Bonchev–Trinajstić information content (AvgIpc) is 3.33. The molecule has 0 spiro atoms. The number of anilines is 1. The average molecular weight is 431 g/mol. The number of carbonyl (C=O) groups excluding carboxylic acids is 1. The maximum absolute atomic E-state index is 13.1. The largest absolute Gasteiger partial charge is 0.454 e. The minimum Gasteiger partial charge on any atom is -0.454 e. The maximum atomic E-state index is 13.1. The number of amides is 1. The van der Waals surface area contributed by atoms with E-state index in [0.29, 0.717) is 13.1 Å². The molecule has 0 aliphatic carbocycles. The van der Waals surface area contributed by atoms with Crippen molar-refractivity contribution in [3.63, 3.8) is 0 Å². The molecule has 1 aromatic heterocycles. The standard InChI is InChI=1S/C25H26N4O3/c1-2-20(18-6-4-3-5-7-18)25(30)29-14-12-28(13-15-29)24-11-9-21(26-27-24)19-8-10-22-23(16-19)32-17-31-22/h3-11,16,20H,2,12-15,17H2,1H3/t20-/m0/s1. The molecular weight excluding hydrogens is 404 g/mol. The summed E-state index contributed by atoms with van der Waals surface area (Å²) in [4.78, 5) is 17.3. The second-order valence-corrected chi connectivity index (χ2v) is 8.03. The molecule has 0 saturated carbocycles. The molecular formula is C25H26N4O3. The molecule has 0 unspecified atom stereocenters. The van der Waals surface area contributed by atoms with Gasteiger partial charge in [0.15, 0.2) is 17.3 Å². The van der Waals surface area contributed by atoms with E-state index >= 15 is 0 Å². The first-order valence-electron chi connectivity index (χ1n) is 11.1. The zero-order valence-corrected chi connectivity index (χ0v) is 18.1. The summed E-state index contributed by atoms with van der Waals surface area (Å²) >= 11 is 0. The van der Waals surface area contributed by atoms with Gasteiger partial charge in [0.2, 0.25) is 12.7 Å². The molecule has 3 heterocycles. The summed E-state index contributed by atoms with van der Waals surface area (Å²) in [5.41, 5.74) is 2.82.